The number of nitrogens with zero attached hydrogens (tertiary/aromatic N) is 6. The monoisotopic (exact) mass is 486 g/mol. The quantitative estimate of drug-likeness (QED) is 0.331. The van der Waals surface area contributed by atoms with Gasteiger partial charge in [-0.3, -0.25) is 19.7 Å². The average Bonchev–Trinajstić information content (AvgIpc) is 3.35. The highest BCUT2D eigenvalue weighted by Crippen LogP contribution is 2.27. The smallest absolute Gasteiger partial charge is 0.264 e. The summed E-state index contributed by atoms with van der Waals surface area (Å²) in [4.78, 5) is 17.2. The molecule has 0 bridgehead atoms. The summed E-state index contributed by atoms with van der Waals surface area (Å²) in [5.74, 6) is -0.371. The number of nitrogens with one attached hydrogen (secondary N) is 2. The molecule has 0 aliphatic heterocycles. The second-order valence-electron chi connectivity index (χ2n) is 7.55. The van der Waals surface area contributed by atoms with Crippen molar-refractivity contribution in [1.82, 2.24) is 25.3 Å². The lowest BCUT2D eigenvalue weighted by atomic mass is 10.1. The Kier molecular flexibility index (Phi) is 5.71. The normalized spacial score (nSPS) is 12.8. The molecule has 1 unspecified atom stereocenters. The summed E-state index contributed by atoms with van der Waals surface area (Å²) in [6.07, 6.45) is 7.55. The molecular formula is C23H18N8O3S. The minimum Gasteiger partial charge on any atom is -0.312 e. The van der Waals surface area contributed by atoms with E-state index in [-0.39, 0.29) is 22.0 Å². The fourth-order valence-corrected chi connectivity index (χ4v) is 4.78. The maximum Gasteiger partial charge on any atom is 0.264 e. The van der Waals surface area contributed by atoms with E-state index < -0.39 is 10.0 Å². The number of rotatable bonds is 7. The number of hydrogen-bond donors (Lipinski definition) is 2. The van der Waals surface area contributed by atoms with E-state index in [0.717, 1.165) is 5.56 Å². The summed E-state index contributed by atoms with van der Waals surface area (Å²) in [5, 5.41) is 15.0. The molecule has 0 amide bonds. The summed E-state index contributed by atoms with van der Waals surface area (Å²) >= 11 is 0. The van der Waals surface area contributed by atoms with E-state index in [2.05, 4.69) is 39.6 Å². The topological polar surface area (TPSA) is 160 Å². The maximum absolute atomic E-state index is 13.0. The number of aliphatic imine (C=N–C) groups is 1. The van der Waals surface area contributed by atoms with E-state index in [1.807, 2.05) is 18.2 Å². The van der Waals surface area contributed by atoms with Gasteiger partial charge in [0.05, 0.1) is 40.7 Å². The van der Waals surface area contributed by atoms with Gasteiger partial charge in [0.2, 0.25) is 0 Å². The van der Waals surface area contributed by atoms with E-state index in [1.165, 1.54) is 18.5 Å². The highest BCUT2D eigenvalue weighted by Gasteiger charge is 2.21. The summed E-state index contributed by atoms with van der Waals surface area (Å²) in [5.41, 5.74) is 4.14. The van der Waals surface area contributed by atoms with Crippen molar-refractivity contribution in [3.05, 3.63) is 66.7 Å². The summed E-state index contributed by atoms with van der Waals surface area (Å²) in [6, 6.07) is 11.8. The van der Waals surface area contributed by atoms with Gasteiger partial charge in [0.25, 0.3) is 10.0 Å². The molecule has 3 heterocycles. The molecule has 0 spiro atoms. The Bertz CT molecular complexity index is 1700. The average molecular weight is 487 g/mol. The number of benzene rings is 2. The lowest BCUT2D eigenvalue weighted by Crippen LogP contribution is -2.13. The summed E-state index contributed by atoms with van der Waals surface area (Å²) < 4.78 is 33.3. The first-order chi connectivity index (χ1) is 17.0. The number of fused-ring (bicyclic) bond motifs is 2. The molecule has 35 heavy (non-hydrogen) atoms. The summed E-state index contributed by atoms with van der Waals surface area (Å²) in [6.45, 7) is 0. The Hall–Kier alpha value is -4.58. The van der Waals surface area contributed by atoms with Crippen LogP contribution in [-0.2, 0) is 10.0 Å². The Morgan fingerprint density at radius 1 is 1.03 bits per heavy atom. The van der Waals surface area contributed by atoms with E-state index in [0.29, 0.717) is 27.8 Å². The molecular weight excluding hydrogens is 468 g/mol. The van der Waals surface area contributed by atoms with Gasteiger partial charge >= 0.3 is 0 Å². The van der Waals surface area contributed by atoms with Crippen molar-refractivity contribution in [2.75, 3.05) is 11.8 Å². The number of pyridine rings is 1. The third kappa shape index (κ3) is 4.34. The molecule has 12 heteroatoms. The van der Waals surface area contributed by atoms with Gasteiger partial charge in [-0.15, -0.1) is 0 Å². The second-order valence-corrected chi connectivity index (χ2v) is 9.20. The van der Waals surface area contributed by atoms with Crippen LogP contribution in [0.3, 0.4) is 0 Å². The third-order valence-corrected chi connectivity index (χ3v) is 6.67. The maximum atomic E-state index is 13.0. The van der Waals surface area contributed by atoms with Crippen LogP contribution in [-0.4, -0.2) is 53.2 Å². The molecule has 3 aromatic heterocycles. The molecule has 11 nitrogen and oxygen atoms in total. The number of anilines is 1. The van der Waals surface area contributed by atoms with Crippen LogP contribution in [0, 0.1) is 5.41 Å². The van der Waals surface area contributed by atoms with Crippen LogP contribution in [0.4, 0.5) is 5.69 Å². The van der Waals surface area contributed by atoms with Gasteiger partial charge in [-0.25, -0.2) is 18.0 Å². The fourth-order valence-electron chi connectivity index (χ4n) is 3.59. The van der Waals surface area contributed by atoms with Crippen molar-refractivity contribution >= 4 is 50.2 Å². The van der Waals surface area contributed by atoms with Crippen molar-refractivity contribution in [2.45, 2.75) is 10.8 Å². The molecule has 174 valence electrons. The Morgan fingerprint density at radius 2 is 1.91 bits per heavy atom. The lowest BCUT2D eigenvalue weighted by molar-refractivity contribution is 0.315. The third-order valence-electron chi connectivity index (χ3n) is 5.25. The molecule has 0 saturated carbocycles. The van der Waals surface area contributed by atoms with E-state index >= 15 is 0 Å². The molecule has 1 atom stereocenters. The van der Waals surface area contributed by atoms with Gasteiger partial charge in [-0.2, -0.15) is 0 Å². The van der Waals surface area contributed by atoms with Crippen LogP contribution in [0.25, 0.3) is 33.2 Å². The number of hydrogen-bond acceptors (Lipinski definition) is 10. The Morgan fingerprint density at radius 3 is 2.74 bits per heavy atom. The van der Waals surface area contributed by atoms with Crippen molar-refractivity contribution in [1.29, 1.82) is 5.41 Å². The SMILES string of the molecule is CN=CC(C=N)c1cnc2ccc(-c3cncc(NS(=O)(=O)c4cccc5nonc45)c3)cc2n1. The predicted octanol–water partition coefficient (Wildman–Crippen LogP) is 3.46. The van der Waals surface area contributed by atoms with Gasteiger partial charge in [-0.1, -0.05) is 12.1 Å². The molecule has 0 fully saturated rings. The van der Waals surface area contributed by atoms with Crippen LogP contribution < -0.4 is 4.72 Å². The minimum atomic E-state index is -3.98. The zero-order valence-electron chi connectivity index (χ0n) is 18.3. The number of sulfonamides is 1. The lowest BCUT2D eigenvalue weighted by Gasteiger charge is -2.10. The Balaban J connectivity index is 1.49. The molecule has 2 aromatic carbocycles. The zero-order chi connectivity index (χ0) is 24.4. The van der Waals surface area contributed by atoms with Crippen LogP contribution in [0.2, 0.25) is 0 Å². The first kappa shape index (κ1) is 22.2. The van der Waals surface area contributed by atoms with Gasteiger partial charge in [0.1, 0.15) is 10.4 Å². The van der Waals surface area contributed by atoms with Gasteiger partial charge in [0, 0.05) is 31.2 Å². The fraction of sp³-hybridized carbons (Fsp3) is 0.0870. The largest absolute Gasteiger partial charge is 0.312 e. The van der Waals surface area contributed by atoms with Crippen molar-refractivity contribution in [2.24, 2.45) is 4.99 Å². The van der Waals surface area contributed by atoms with Crippen molar-refractivity contribution in [3.8, 4) is 11.1 Å². The molecule has 5 aromatic rings. The molecule has 0 radical (unpaired) electrons. The van der Waals surface area contributed by atoms with Crippen LogP contribution in [0.1, 0.15) is 11.6 Å². The van der Waals surface area contributed by atoms with Gasteiger partial charge in [0.15, 0.2) is 5.52 Å². The molecule has 0 aliphatic carbocycles. The Labute approximate surface area is 199 Å². The number of aromatic nitrogens is 5. The van der Waals surface area contributed by atoms with Crippen molar-refractivity contribution < 1.29 is 13.0 Å². The first-order valence-electron chi connectivity index (χ1n) is 10.4. The van der Waals surface area contributed by atoms with E-state index in [4.69, 9.17) is 5.41 Å². The zero-order valence-corrected chi connectivity index (χ0v) is 19.1. The predicted molar refractivity (Wildman–Crippen MR) is 131 cm³/mol. The van der Waals surface area contributed by atoms with Crippen LogP contribution in [0.15, 0.2) is 75.6 Å². The molecule has 0 saturated heterocycles. The standard InChI is InChI=1S/C23H18N8O3S/c1-25-10-16(9-24)21-13-27-18-6-5-14(8-20(18)28-21)15-7-17(12-26-11-15)31-35(32,33)22-4-2-3-19-23(22)30-34-29-19/h2-13,16,24,31H,1H3. The van der Waals surface area contributed by atoms with E-state index in [1.54, 1.807) is 43.9 Å². The highest BCUT2D eigenvalue weighted by atomic mass is 32.2. The van der Waals surface area contributed by atoms with Gasteiger partial charge in [-0.05, 0) is 46.2 Å². The second kappa shape index (κ2) is 8.99. The van der Waals surface area contributed by atoms with E-state index in [9.17, 15) is 8.42 Å². The minimum absolute atomic E-state index is 0.0495. The molecule has 2 N–H and O–H groups in total. The molecule has 5 rings (SSSR count). The highest BCUT2D eigenvalue weighted by molar-refractivity contribution is 7.93. The van der Waals surface area contributed by atoms with Crippen LogP contribution >= 0.6 is 0 Å². The summed E-state index contributed by atoms with van der Waals surface area (Å²) in [7, 11) is -2.34. The first-order valence-corrected chi connectivity index (χ1v) is 11.9. The van der Waals surface area contributed by atoms with Crippen LogP contribution in [0.5, 0.6) is 0 Å². The molecule has 0 aliphatic rings. The van der Waals surface area contributed by atoms with Crippen molar-refractivity contribution in [3.63, 3.8) is 0 Å². The van der Waals surface area contributed by atoms with Gasteiger partial charge < -0.3 is 5.41 Å².